The molecular weight excluding hydrogens is 250 g/mol. The summed E-state index contributed by atoms with van der Waals surface area (Å²) in [5.41, 5.74) is -0.252. The second kappa shape index (κ2) is 5.48. The van der Waals surface area contributed by atoms with E-state index in [1.54, 1.807) is 12.3 Å². The normalized spacial score (nSPS) is 10.2. The Kier molecular flexibility index (Phi) is 3.76. The molecule has 1 heterocycles. The number of aryl methyl sites for hydroxylation is 1. The van der Waals surface area contributed by atoms with Crippen LogP contribution in [0, 0.1) is 23.0 Å². The number of anilines is 1. The van der Waals surface area contributed by atoms with Crippen LogP contribution < -0.4 is 5.32 Å². The third-order valence-corrected chi connectivity index (χ3v) is 2.79. The fourth-order valence-corrected chi connectivity index (χ4v) is 1.72. The molecule has 1 aromatic heterocycles. The molecule has 0 atom stereocenters. The van der Waals surface area contributed by atoms with Crippen molar-refractivity contribution in [1.29, 1.82) is 5.26 Å². The average Bonchev–Trinajstić information content (AvgIpc) is 2.81. The van der Waals surface area contributed by atoms with E-state index in [0.717, 1.165) is 5.82 Å². The van der Waals surface area contributed by atoms with Gasteiger partial charge in [0, 0.05) is 32.4 Å². The Morgan fingerprint density at radius 2 is 2.16 bits per heavy atom. The van der Waals surface area contributed by atoms with Gasteiger partial charge in [-0.05, 0) is 12.1 Å². The molecule has 0 saturated carbocycles. The van der Waals surface area contributed by atoms with Gasteiger partial charge in [0.05, 0.1) is 11.3 Å². The van der Waals surface area contributed by atoms with E-state index < -0.39 is 11.6 Å². The second-order valence-corrected chi connectivity index (χ2v) is 4.03. The van der Waals surface area contributed by atoms with Crippen LogP contribution >= 0.6 is 0 Å². The van der Waals surface area contributed by atoms with Crippen molar-refractivity contribution in [3.8, 4) is 6.07 Å². The van der Waals surface area contributed by atoms with Crippen molar-refractivity contribution >= 4 is 5.69 Å². The Balaban J connectivity index is 2.03. The molecule has 0 fully saturated rings. The van der Waals surface area contributed by atoms with E-state index in [4.69, 9.17) is 5.26 Å². The highest BCUT2D eigenvalue weighted by Crippen LogP contribution is 2.20. The molecule has 19 heavy (non-hydrogen) atoms. The molecule has 0 saturated heterocycles. The number of hydrogen-bond acceptors (Lipinski definition) is 3. The number of nitriles is 1. The summed E-state index contributed by atoms with van der Waals surface area (Å²) in [4.78, 5) is 4.13. The average molecular weight is 262 g/mol. The van der Waals surface area contributed by atoms with Gasteiger partial charge in [-0.15, -0.1) is 0 Å². The summed E-state index contributed by atoms with van der Waals surface area (Å²) < 4.78 is 28.8. The molecular formula is C13H12F2N4. The first-order valence-electron chi connectivity index (χ1n) is 5.71. The molecule has 0 spiro atoms. The van der Waals surface area contributed by atoms with Crippen molar-refractivity contribution in [3.05, 3.63) is 47.5 Å². The van der Waals surface area contributed by atoms with Crippen molar-refractivity contribution in [2.75, 3.05) is 11.9 Å². The molecule has 2 aromatic rings. The maximum absolute atomic E-state index is 13.6. The molecule has 4 nitrogen and oxygen atoms in total. The first-order valence-corrected chi connectivity index (χ1v) is 5.71. The summed E-state index contributed by atoms with van der Waals surface area (Å²) in [6.45, 7) is 0.424. The molecule has 0 unspecified atom stereocenters. The van der Waals surface area contributed by atoms with Crippen LogP contribution in [0.1, 0.15) is 11.4 Å². The van der Waals surface area contributed by atoms with Crippen LogP contribution in [0.25, 0.3) is 0 Å². The largest absolute Gasteiger partial charge is 0.382 e. The predicted molar refractivity (Wildman–Crippen MR) is 66.5 cm³/mol. The lowest BCUT2D eigenvalue weighted by atomic mass is 10.2. The van der Waals surface area contributed by atoms with Gasteiger partial charge in [0.25, 0.3) is 0 Å². The Morgan fingerprint density at radius 3 is 2.79 bits per heavy atom. The monoisotopic (exact) mass is 262 g/mol. The van der Waals surface area contributed by atoms with Crippen molar-refractivity contribution in [2.45, 2.75) is 6.42 Å². The van der Waals surface area contributed by atoms with Crippen LogP contribution in [0.5, 0.6) is 0 Å². The van der Waals surface area contributed by atoms with E-state index >= 15 is 0 Å². The number of imidazole rings is 1. The molecule has 1 aromatic carbocycles. The first-order chi connectivity index (χ1) is 9.13. The highest BCUT2D eigenvalue weighted by Gasteiger charge is 2.12. The lowest BCUT2D eigenvalue weighted by Crippen LogP contribution is -2.10. The first kappa shape index (κ1) is 13.0. The number of aromatic nitrogens is 2. The van der Waals surface area contributed by atoms with Crippen LogP contribution in [0.4, 0.5) is 14.5 Å². The van der Waals surface area contributed by atoms with Crippen molar-refractivity contribution in [3.63, 3.8) is 0 Å². The zero-order chi connectivity index (χ0) is 13.8. The van der Waals surface area contributed by atoms with Crippen molar-refractivity contribution in [1.82, 2.24) is 9.55 Å². The topological polar surface area (TPSA) is 53.6 Å². The lowest BCUT2D eigenvalue weighted by molar-refractivity contribution is 0.508. The lowest BCUT2D eigenvalue weighted by Gasteiger charge is -2.08. The van der Waals surface area contributed by atoms with Crippen LogP contribution in [0.3, 0.4) is 0 Å². The minimum Gasteiger partial charge on any atom is -0.382 e. The van der Waals surface area contributed by atoms with Crippen LogP contribution in [0.15, 0.2) is 24.5 Å². The van der Waals surface area contributed by atoms with E-state index in [1.807, 2.05) is 17.8 Å². The van der Waals surface area contributed by atoms with Crippen molar-refractivity contribution in [2.24, 2.45) is 7.05 Å². The van der Waals surface area contributed by atoms with Gasteiger partial charge in [0.15, 0.2) is 11.6 Å². The smallest absolute Gasteiger partial charge is 0.183 e. The van der Waals surface area contributed by atoms with Crippen LogP contribution in [-0.4, -0.2) is 16.1 Å². The Morgan fingerprint density at radius 1 is 1.37 bits per heavy atom. The molecule has 0 radical (unpaired) electrons. The van der Waals surface area contributed by atoms with Gasteiger partial charge in [-0.2, -0.15) is 5.26 Å². The maximum Gasteiger partial charge on any atom is 0.183 e. The number of rotatable bonds is 4. The van der Waals surface area contributed by atoms with E-state index in [-0.39, 0.29) is 11.3 Å². The zero-order valence-electron chi connectivity index (χ0n) is 10.3. The van der Waals surface area contributed by atoms with E-state index in [9.17, 15) is 8.78 Å². The molecule has 0 amide bonds. The maximum atomic E-state index is 13.6. The summed E-state index contributed by atoms with van der Waals surface area (Å²) >= 11 is 0. The third-order valence-electron chi connectivity index (χ3n) is 2.79. The van der Waals surface area contributed by atoms with Gasteiger partial charge in [0.1, 0.15) is 11.9 Å². The molecule has 0 aliphatic rings. The number of nitrogens with one attached hydrogen (secondary N) is 1. The summed E-state index contributed by atoms with van der Waals surface area (Å²) in [7, 11) is 1.87. The van der Waals surface area contributed by atoms with Gasteiger partial charge in [-0.1, -0.05) is 0 Å². The standard InChI is InChI=1S/C13H12F2N4/c1-19-7-6-18-11(19)4-5-17-10-3-2-9(8-16)12(14)13(10)15/h2-3,6-7,17H,4-5H2,1H3. The highest BCUT2D eigenvalue weighted by molar-refractivity contribution is 5.49. The molecule has 0 aliphatic carbocycles. The summed E-state index contributed by atoms with van der Waals surface area (Å²) in [6.07, 6.45) is 4.08. The molecule has 6 heteroatoms. The number of benzene rings is 1. The number of hydrogen-bond donors (Lipinski definition) is 1. The van der Waals surface area contributed by atoms with Crippen LogP contribution in [-0.2, 0) is 13.5 Å². The van der Waals surface area contributed by atoms with Gasteiger partial charge in [-0.25, -0.2) is 13.8 Å². The van der Waals surface area contributed by atoms with Gasteiger partial charge < -0.3 is 9.88 Å². The Hall–Kier alpha value is -2.42. The van der Waals surface area contributed by atoms with E-state index in [0.29, 0.717) is 13.0 Å². The minimum absolute atomic E-state index is 0.0470. The Labute approximate surface area is 109 Å². The minimum atomic E-state index is -1.12. The molecule has 0 bridgehead atoms. The third kappa shape index (κ3) is 2.71. The molecule has 1 N–H and O–H groups in total. The fraction of sp³-hybridized carbons (Fsp3) is 0.231. The summed E-state index contributed by atoms with van der Waals surface area (Å²) in [5.74, 6) is -1.30. The van der Waals surface area contributed by atoms with E-state index in [2.05, 4.69) is 10.3 Å². The molecule has 0 aliphatic heterocycles. The van der Waals surface area contributed by atoms with Gasteiger partial charge >= 0.3 is 0 Å². The van der Waals surface area contributed by atoms with Gasteiger partial charge in [-0.3, -0.25) is 0 Å². The number of halogens is 2. The molecule has 98 valence electrons. The highest BCUT2D eigenvalue weighted by atomic mass is 19.2. The fourth-order valence-electron chi connectivity index (χ4n) is 1.72. The van der Waals surface area contributed by atoms with Gasteiger partial charge in [0.2, 0.25) is 0 Å². The summed E-state index contributed by atoms with van der Waals surface area (Å²) in [5, 5.41) is 11.4. The molecule has 2 rings (SSSR count). The quantitative estimate of drug-likeness (QED) is 0.919. The SMILES string of the molecule is Cn1ccnc1CCNc1ccc(C#N)c(F)c1F. The predicted octanol–water partition coefficient (Wildman–Crippen LogP) is 2.22. The van der Waals surface area contributed by atoms with Crippen molar-refractivity contribution < 1.29 is 8.78 Å². The number of nitrogens with zero attached hydrogens (tertiary/aromatic N) is 3. The van der Waals surface area contributed by atoms with Crippen LogP contribution in [0.2, 0.25) is 0 Å². The Bertz CT molecular complexity index is 628. The summed E-state index contributed by atoms with van der Waals surface area (Å²) in [6, 6.07) is 4.20. The van der Waals surface area contributed by atoms with E-state index in [1.165, 1.54) is 12.1 Å². The second-order valence-electron chi connectivity index (χ2n) is 4.03. The zero-order valence-corrected chi connectivity index (χ0v) is 10.3.